The number of hydrogen-bond acceptors (Lipinski definition) is 6. The predicted octanol–water partition coefficient (Wildman–Crippen LogP) is 3.96. The van der Waals surface area contributed by atoms with E-state index in [1.54, 1.807) is 12.1 Å². The van der Waals surface area contributed by atoms with Crippen LogP contribution in [0.5, 0.6) is 5.75 Å². The largest absolute Gasteiger partial charge is 0.494 e. The molecule has 0 radical (unpaired) electrons. The van der Waals surface area contributed by atoms with Crippen LogP contribution in [0.3, 0.4) is 0 Å². The molecule has 142 valence electrons. The lowest BCUT2D eigenvalue weighted by Crippen LogP contribution is -2.17. The quantitative estimate of drug-likeness (QED) is 0.292. The summed E-state index contributed by atoms with van der Waals surface area (Å²) in [6.45, 7) is 2.45. The highest BCUT2D eigenvalue weighted by Gasteiger charge is 2.09. The van der Waals surface area contributed by atoms with Gasteiger partial charge in [-0.05, 0) is 37.3 Å². The molecule has 0 aliphatic rings. The van der Waals surface area contributed by atoms with E-state index in [9.17, 15) is 14.9 Å². The van der Waals surface area contributed by atoms with Gasteiger partial charge >= 0.3 is 0 Å². The summed E-state index contributed by atoms with van der Waals surface area (Å²) < 4.78 is 5.44. The molecule has 0 saturated carbocycles. The van der Waals surface area contributed by atoms with Crippen molar-refractivity contribution in [1.82, 2.24) is 10.4 Å². The fourth-order valence-electron chi connectivity index (χ4n) is 2.45. The molecule has 3 rings (SSSR count). The Kier molecular flexibility index (Phi) is 5.81. The molecular weight excluding hydrogens is 384 g/mol. The number of nitrogens with one attached hydrogen (secondary N) is 1. The third-order valence-corrected chi connectivity index (χ3v) is 4.09. The molecule has 3 aromatic rings. The highest BCUT2D eigenvalue weighted by atomic mass is 35.5. The Bertz CT molecular complexity index is 1070. The average Bonchev–Trinajstić information content (AvgIpc) is 2.68. The molecule has 0 atom stereocenters. The highest BCUT2D eigenvalue weighted by Crippen LogP contribution is 2.23. The van der Waals surface area contributed by atoms with Crippen LogP contribution in [0.4, 0.5) is 5.69 Å². The van der Waals surface area contributed by atoms with Crippen LogP contribution in [0.1, 0.15) is 22.8 Å². The topological polar surface area (TPSA) is 107 Å². The number of hydrazone groups is 1. The monoisotopic (exact) mass is 398 g/mol. The standard InChI is InChI=1S/C19H15ClN4O4/c1-2-28-16-8-5-13-9-14(18(20)22-17(13)10-16)11-21-23-19(25)12-3-6-15(7-4-12)24(26)27/h3-11H,2H2,1H3,(H,23,25). The van der Waals surface area contributed by atoms with Gasteiger partial charge in [-0.3, -0.25) is 14.9 Å². The minimum atomic E-state index is -0.536. The van der Waals surface area contributed by atoms with Crippen molar-refractivity contribution in [2.45, 2.75) is 6.92 Å². The first kappa shape index (κ1) is 19.2. The van der Waals surface area contributed by atoms with Crippen LogP contribution in [0.25, 0.3) is 10.9 Å². The van der Waals surface area contributed by atoms with Crippen molar-refractivity contribution < 1.29 is 14.5 Å². The van der Waals surface area contributed by atoms with E-state index >= 15 is 0 Å². The van der Waals surface area contributed by atoms with Gasteiger partial charge in [0.25, 0.3) is 11.6 Å². The van der Waals surface area contributed by atoms with E-state index in [1.165, 1.54) is 30.5 Å². The number of carbonyl (C=O) groups excluding carboxylic acids is 1. The number of rotatable bonds is 6. The minimum absolute atomic E-state index is 0.0958. The second-order valence-electron chi connectivity index (χ2n) is 5.66. The smallest absolute Gasteiger partial charge is 0.271 e. The number of hydrogen-bond donors (Lipinski definition) is 1. The predicted molar refractivity (Wildman–Crippen MR) is 106 cm³/mol. The van der Waals surface area contributed by atoms with Crippen molar-refractivity contribution in [3.63, 3.8) is 0 Å². The van der Waals surface area contributed by atoms with Crippen LogP contribution in [-0.2, 0) is 0 Å². The number of pyridine rings is 1. The van der Waals surface area contributed by atoms with E-state index < -0.39 is 10.8 Å². The zero-order chi connectivity index (χ0) is 20.1. The first-order chi connectivity index (χ1) is 13.5. The maximum Gasteiger partial charge on any atom is 0.271 e. The van der Waals surface area contributed by atoms with Gasteiger partial charge in [0.05, 0.1) is 23.3 Å². The SMILES string of the molecule is CCOc1ccc2cc(C=NNC(=O)c3ccc([N+](=O)[O-])cc3)c(Cl)nc2c1. The molecule has 1 amide bonds. The number of non-ortho nitro benzene ring substituents is 1. The molecule has 9 heteroatoms. The molecule has 0 unspecified atom stereocenters. The third kappa shape index (κ3) is 4.41. The Labute approximate surface area is 164 Å². The van der Waals surface area contributed by atoms with Crippen LogP contribution in [-0.4, -0.2) is 28.6 Å². The number of carbonyl (C=O) groups is 1. The van der Waals surface area contributed by atoms with E-state index in [0.717, 1.165) is 5.39 Å². The van der Waals surface area contributed by atoms with Crippen molar-refractivity contribution in [1.29, 1.82) is 0 Å². The summed E-state index contributed by atoms with van der Waals surface area (Å²) in [4.78, 5) is 26.5. The Morgan fingerprint density at radius 2 is 2.04 bits per heavy atom. The van der Waals surface area contributed by atoms with E-state index in [-0.39, 0.29) is 16.4 Å². The minimum Gasteiger partial charge on any atom is -0.494 e. The number of halogens is 1. The molecule has 1 aromatic heterocycles. The van der Waals surface area contributed by atoms with Crippen LogP contribution in [0.2, 0.25) is 5.15 Å². The molecule has 0 saturated heterocycles. The van der Waals surface area contributed by atoms with E-state index in [4.69, 9.17) is 16.3 Å². The van der Waals surface area contributed by atoms with Crippen molar-refractivity contribution >= 4 is 40.3 Å². The highest BCUT2D eigenvalue weighted by molar-refractivity contribution is 6.32. The summed E-state index contributed by atoms with van der Waals surface area (Å²) in [7, 11) is 0. The molecule has 1 heterocycles. The van der Waals surface area contributed by atoms with Gasteiger partial charge in [0.1, 0.15) is 10.9 Å². The number of fused-ring (bicyclic) bond motifs is 1. The molecule has 0 aliphatic heterocycles. The summed E-state index contributed by atoms with van der Waals surface area (Å²) in [6.07, 6.45) is 1.38. The van der Waals surface area contributed by atoms with Gasteiger partial charge in [0.2, 0.25) is 0 Å². The van der Waals surface area contributed by atoms with Gasteiger partial charge in [0, 0.05) is 34.7 Å². The zero-order valence-corrected chi connectivity index (χ0v) is 15.5. The number of nitro groups is 1. The van der Waals surface area contributed by atoms with Gasteiger partial charge in [-0.2, -0.15) is 5.10 Å². The molecule has 0 aliphatic carbocycles. The van der Waals surface area contributed by atoms with Crippen LogP contribution < -0.4 is 10.2 Å². The van der Waals surface area contributed by atoms with Gasteiger partial charge in [0.15, 0.2) is 0 Å². The van der Waals surface area contributed by atoms with E-state index in [0.29, 0.717) is 23.4 Å². The number of aromatic nitrogens is 1. The molecule has 8 nitrogen and oxygen atoms in total. The number of nitro benzene ring substituents is 1. The summed E-state index contributed by atoms with van der Waals surface area (Å²) in [5.74, 6) is 0.202. The molecule has 0 bridgehead atoms. The summed E-state index contributed by atoms with van der Waals surface area (Å²) >= 11 is 6.19. The zero-order valence-electron chi connectivity index (χ0n) is 14.8. The number of benzene rings is 2. The molecule has 0 fully saturated rings. The lowest BCUT2D eigenvalue weighted by atomic mass is 10.1. The average molecular weight is 399 g/mol. The van der Waals surface area contributed by atoms with Gasteiger partial charge < -0.3 is 4.74 Å². The van der Waals surface area contributed by atoms with E-state index in [2.05, 4.69) is 15.5 Å². The Hall–Kier alpha value is -3.52. The lowest BCUT2D eigenvalue weighted by Gasteiger charge is -2.06. The summed E-state index contributed by atoms with van der Waals surface area (Å²) in [6, 6.07) is 12.5. The first-order valence-corrected chi connectivity index (χ1v) is 8.66. The van der Waals surface area contributed by atoms with Crippen LogP contribution in [0.15, 0.2) is 53.6 Å². The number of ether oxygens (including phenoxy) is 1. The van der Waals surface area contributed by atoms with Crippen molar-refractivity contribution in [3.8, 4) is 5.75 Å². The third-order valence-electron chi connectivity index (χ3n) is 3.79. The Morgan fingerprint density at radius 1 is 1.29 bits per heavy atom. The van der Waals surface area contributed by atoms with Gasteiger partial charge in [-0.1, -0.05) is 11.6 Å². The second-order valence-corrected chi connectivity index (χ2v) is 6.02. The summed E-state index contributed by atoms with van der Waals surface area (Å²) in [5, 5.41) is 15.6. The van der Waals surface area contributed by atoms with Crippen molar-refractivity contribution in [2.75, 3.05) is 6.61 Å². The molecule has 2 aromatic carbocycles. The molecular formula is C19H15ClN4O4. The van der Waals surface area contributed by atoms with Gasteiger partial charge in [-0.25, -0.2) is 10.4 Å². The molecule has 1 N–H and O–H groups in total. The fraction of sp³-hybridized carbons (Fsp3) is 0.105. The molecule has 28 heavy (non-hydrogen) atoms. The summed E-state index contributed by atoms with van der Waals surface area (Å²) in [5.41, 5.74) is 3.71. The normalized spacial score (nSPS) is 10.9. The van der Waals surface area contributed by atoms with Crippen LogP contribution in [0, 0.1) is 10.1 Å². The Balaban J connectivity index is 1.73. The first-order valence-electron chi connectivity index (χ1n) is 8.29. The van der Waals surface area contributed by atoms with Crippen molar-refractivity contribution in [2.24, 2.45) is 5.10 Å². The van der Waals surface area contributed by atoms with Gasteiger partial charge in [-0.15, -0.1) is 0 Å². The number of amides is 1. The van der Waals surface area contributed by atoms with Crippen molar-refractivity contribution in [3.05, 3.63) is 74.9 Å². The second kappa shape index (κ2) is 8.45. The van der Waals surface area contributed by atoms with E-state index in [1.807, 2.05) is 19.1 Å². The maximum atomic E-state index is 12.1. The fourth-order valence-corrected chi connectivity index (χ4v) is 2.64. The molecule has 0 spiro atoms. The lowest BCUT2D eigenvalue weighted by molar-refractivity contribution is -0.384. The maximum absolute atomic E-state index is 12.1. The van der Waals surface area contributed by atoms with Crippen LogP contribution >= 0.6 is 11.6 Å². The number of nitrogens with zero attached hydrogens (tertiary/aromatic N) is 3. The Morgan fingerprint density at radius 3 is 2.71 bits per heavy atom.